The zero-order valence-electron chi connectivity index (χ0n) is 18.8. The van der Waals surface area contributed by atoms with Crippen LogP contribution in [0.1, 0.15) is 29.2 Å². The van der Waals surface area contributed by atoms with Gasteiger partial charge in [-0.25, -0.2) is 14.7 Å². The topological polar surface area (TPSA) is 194 Å². The lowest BCUT2D eigenvalue weighted by molar-refractivity contribution is -0.0478. The number of nitrogens with one attached hydrogen (secondary N) is 1. The maximum atomic E-state index is 12.2. The van der Waals surface area contributed by atoms with Gasteiger partial charge in [0.2, 0.25) is 5.90 Å². The van der Waals surface area contributed by atoms with E-state index in [1.807, 2.05) is 0 Å². The van der Waals surface area contributed by atoms with Crippen LogP contribution in [-0.2, 0) is 24.0 Å². The highest BCUT2D eigenvalue weighted by atomic mass is 32.2. The zero-order valence-corrected chi connectivity index (χ0v) is 19.6. The number of aliphatic imine (C=N–C) groups is 2. The predicted octanol–water partition coefficient (Wildman–Crippen LogP) is -0.356. The van der Waals surface area contributed by atoms with Crippen molar-refractivity contribution in [2.24, 2.45) is 9.98 Å². The van der Waals surface area contributed by atoms with Crippen molar-refractivity contribution in [3.63, 3.8) is 0 Å². The normalized spacial score (nSPS) is 22.7. The number of carbonyl (C=O) groups is 1. The van der Waals surface area contributed by atoms with E-state index in [9.17, 15) is 28.5 Å². The minimum atomic E-state index is -4.65. The Morgan fingerprint density at radius 2 is 2.03 bits per heavy atom. The molecule has 0 saturated carbocycles. The number of aliphatic hydroxyl groups excluding tert-OH is 2. The van der Waals surface area contributed by atoms with Gasteiger partial charge >= 0.3 is 10.3 Å². The fourth-order valence-electron chi connectivity index (χ4n) is 3.34. The van der Waals surface area contributed by atoms with Crippen LogP contribution in [0.5, 0.6) is 5.75 Å². The highest BCUT2D eigenvalue weighted by Crippen LogP contribution is 2.34. The summed E-state index contributed by atoms with van der Waals surface area (Å²) in [5.41, 5.74) is -0.0569. The third-order valence-electron chi connectivity index (χ3n) is 4.97. The molecule has 0 spiro atoms. The van der Waals surface area contributed by atoms with E-state index in [-0.39, 0.29) is 23.0 Å². The van der Waals surface area contributed by atoms with Crippen molar-refractivity contribution < 1.29 is 42.2 Å². The van der Waals surface area contributed by atoms with E-state index in [0.29, 0.717) is 6.61 Å². The lowest BCUT2D eigenvalue weighted by Gasteiger charge is -2.17. The molecule has 1 aromatic carbocycles. The second kappa shape index (κ2) is 10.9. The van der Waals surface area contributed by atoms with Crippen LogP contribution in [0, 0.1) is 0 Å². The largest absolute Gasteiger partial charge is 0.507 e. The average molecular weight is 512 g/mol. The molecular weight excluding hydrogens is 486 g/mol. The van der Waals surface area contributed by atoms with Crippen molar-refractivity contribution in [1.29, 1.82) is 0 Å². The van der Waals surface area contributed by atoms with Crippen LogP contribution in [0.25, 0.3) is 0 Å². The fraction of sp³-hybridized carbons (Fsp3) is 0.400. The van der Waals surface area contributed by atoms with Crippen LogP contribution in [0.2, 0.25) is 0 Å². The van der Waals surface area contributed by atoms with E-state index in [2.05, 4.69) is 21.7 Å². The van der Waals surface area contributed by atoms with E-state index in [0.717, 1.165) is 0 Å². The first-order valence-corrected chi connectivity index (χ1v) is 11.7. The van der Waals surface area contributed by atoms with E-state index in [4.69, 9.17) is 13.7 Å². The van der Waals surface area contributed by atoms with Crippen LogP contribution in [0.3, 0.4) is 0 Å². The monoisotopic (exact) mass is 511 g/mol. The molecule has 1 saturated heterocycles. The van der Waals surface area contributed by atoms with Crippen molar-refractivity contribution in [3.8, 4) is 5.75 Å². The van der Waals surface area contributed by atoms with Gasteiger partial charge in [0.15, 0.2) is 17.7 Å². The number of para-hydroxylation sites is 1. The van der Waals surface area contributed by atoms with Crippen LogP contribution >= 0.6 is 0 Å². The molecule has 2 aromatic rings. The van der Waals surface area contributed by atoms with Crippen LogP contribution < -0.4 is 4.72 Å². The second-order valence-electron chi connectivity index (χ2n) is 7.18. The molecule has 0 unspecified atom stereocenters. The molecule has 1 amide bonds. The molecular formula is C20H25N5O9S. The maximum Gasteiger partial charge on any atom is 0.362 e. The summed E-state index contributed by atoms with van der Waals surface area (Å²) in [7, 11) is -3.16. The Labute approximate surface area is 200 Å². The second-order valence-corrected chi connectivity index (χ2v) is 8.53. The summed E-state index contributed by atoms with van der Waals surface area (Å²) in [6.07, 6.45) is -4.32. The van der Waals surface area contributed by atoms with Crippen molar-refractivity contribution >= 4 is 34.6 Å². The van der Waals surface area contributed by atoms with E-state index >= 15 is 0 Å². The molecule has 1 aromatic heterocycles. The number of phenolic OH excluding ortho intramolecular Hbond substituents is 1. The molecule has 190 valence electrons. The molecule has 15 heteroatoms. The van der Waals surface area contributed by atoms with Gasteiger partial charge in [-0.3, -0.25) is 18.5 Å². The summed E-state index contributed by atoms with van der Waals surface area (Å²) in [6.45, 7) is 4.81. The number of aromatic nitrogens is 2. The third kappa shape index (κ3) is 5.66. The average Bonchev–Trinajstić information content (AvgIpc) is 3.36. The van der Waals surface area contributed by atoms with Gasteiger partial charge in [-0.1, -0.05) is 12.1 Å². The Kier molecular flexibility index (Phi) is 8.18. The summed E-state index contributed by atoms with van der Waals surface area (Å²) in [4.78, 5) is 24.2. The maximum absolute atomic E-state index is 12.2. The number of imidazole rings is 1. The van der Waals surface area contributed by atoms with E-state index in [1.54, 1.807) is 11.6 Å². The number of aromatic hydroxyl groups is 1. The standard InChI is InChI=1S/C20H25N5O9S/c1-4-32-19(22-3)14-17(21-2)25(10-23-14)20-16(28)15(27)13(34-20)9-33-35(30,31)24-18(29)11-7-5-6-8-12(11)26/h5-8,10,13,15-16,20,26-28H,2,4,9H2,1,3H3,(H,24,29)/t13-,15-,16-,20-/m1/s1. The lowest BCUT2D eigenvalue weighted by Crippen LogP contribution is -2.37. The molecule has 1 aliphatic rings. The molecule has 1 fully saturated rings. The van der Waals surface area contributed by atoms with Gasteiger partial charge in [0.05, 0.1) is 25.1 Å². The SMILES string of the molecule is C=Nc1c(C(=NC)OCC)ncn1[C@@H]1O[C@H](COS(=O)(=O)NC(=O)c2ccccc2O)[C@@H](O)[C@H]1O. The summed E-state index contributed by atoms with van der Waals surface area (Å²) in [5, 5.41) is 30.6. The third-order valence-corrected chi connectivity index (χ3v) is 5.85. The fourth-order valence-corrected chi connectivity index (χ4v) is 4.05. The smallest absolute Gasteiger partial charge is 0.362 e. The number of rotatable bonds is 9. The Bertz CT molecular complexity index is 1210. The number of carbonyl (C=O) groups excluding carboxylic acids is 1. The van der Waals surface area contributed by atoms with Crippen molar-refractivity contribution in [1.82, 2.24) is 14.3 Å². The van der Waals surface area contributed by atoms with Crippen LogP contribution in [0.15, 0.2) is 40.6 Å². The van der Waals surface area contributed by atoms with Gasteiger partial charge in [-0.15, -0.1) is 0 Å². The van der Waals surface area contributed by atoms with Crippen molar-refractivity contribution in [3.05, 3.63) is 41.9 Å². The van der Waals surface area contributed by atoms with Crippen LogP contribution in [0.4, 0.5) is 5.82 Å². The summed E-state index contributed by atoms with van der Waals surface area (Å²) in [6, 6.07) is 5.32. The highest BCUT2D eigenvalue weighted by molar-refractivity contribution is 7.85. The number of amides is 1. The Morgan fingerprint density at radius 3 is 2.66 bits per heavy atom. The Balaban J connectivity index is 1.71. The molecule has 3 rings (SSSR count). The number of nitrogens with zero attached hydrogens (tertiary/aromatic N) is 4. The minimum Gasteiger partial charge on any atom is -0.507 e. The predicted molar refractivity (Wildman–Crippen MR) is 122 cm³/mol. The van der Waals surface area contributed by atoms with Gasteiger partial charge in [0.1, 0.15) is 24.1 Å². The number of hydrogen-bond donors (Lipinski definition) is 4. The number of hydrogen-bond acceptors (Lipinski definition) is 12. The highest BCUT2D eigenvalue weighted by Gasteiger charge is 2.45. The summed E-state index contributed by atoms with van der Waals surface area (Å²) in [5.74, 6) is -1.23. The molecule has 0 radical (unpaired) electrons. The number of phenols is 1. The number of ether oxygens (including phenoxy) is 2. The van der Waals surface area contributed by atoms with E-state index in [1.165, 1.54) is 42.2 Å². The van der Waals surface area contributed by atoms with Gasteiger partial charge in [-0.2, -0.15) is 8.42 Å². The molecule has 4 N–H and O–H groups in total. The summed E-state index contributed by atoms with van der Waals surface area (Å²) < 4.78 is 43.1. The van der Waals surface area contributed by atoms with Crippen molar-refractivity contribution in [2.75, 3.05) is 20.3 Å². The molecule has 0 bridgehead atoms. The Hall–Kier alpha value is -3.37. The first-order chi connectivity index (χ1) is 16.6. The van der Waals surface area contributed by atoms with E-state index < -0.39 is 53.1 Å². The molecule has 35 heavy (non-hydrogen) atoms. The van der Waals surface area contributed by atoms with Gasteiger partial charge in [0, 0.05) is 7.05 Å². The Morgan fingerprint density at radius 1 is 1.31 bits per heavy atom. The van der Waals surface area contributed by atoms with Crippen LogP contribution in [-0.4, -0.2) is 90.4 Å². The first-order valence-electron chi connectivity index (χ1n) is 10.3. The quantitative estimate of drug-likeness (QED) is 0.255. The molecule has 4 atom stereocenters. The van der Waals surface area contributed by atoms with Crippen molar-refractivity contribution in [2.45, 2.75) is 31.5 Å². The lowest BCUT2D eigenvalue weighted by atomic mass is 10.1. The molecule has 14 nitrogen and oxygen atoms in total. The molecule has 0 aliphatic carbocycles. The van der Waals surface area contributed by atoms with Gasteiger partial charge in [-0.05, 0) is 25.8 Å². The first kappa shape index (κ1) is 26.2. The van der Waals surface area contributed by atoms with Gasteiger partial charge in [0.25, 0.3) is 5.91 Å². The molecule has 1 aliphatic heterocycles. The molecule has 2 heterocycles. The summed E-state index contributed by atoms with van der Waals surface area (Å²) >= 11 is 0. The zero-order chi connectivity index (χ0) is 25.8. The van der Waals surface area contributed by atoms with Gasteiger partial charge < -0.3 is 24.8 Å². The minimum absolute atomic E-state index is 0.138. The number of aliphatic hydroxyl groups is 2. The number of benzene rings is 1.